The summed E-state index contributed by atoms with van der Waals surface area (Å²) in [6.07, 6.45) is 1.54. The number of methoxy groups -OCH3 is 1. The van der Waals surface area contributed by atoms with E-state index >= 15 is 0 Å². The number of ether oxygens (including phenoxy) is 2. The third-order valence-electron chi connectivity index (χ3n) is 4.12. The van der Waals surface area contributed by atoms with Gasteiger partial charge in [-0.25, -0.2) is 4.39 Å². The van der Waals surface area contributed by atoms with Crippen molar-refractivity contribution in [3.63, 3.8) is 0 Å². The number of nitrogens with zero attached hydrogens (tertiary/aromatic N) is 1. The van der Waals surface area contributed by atoms with Gasteiger partial charge in [0, 0.05) is 5.69 Å². The van der Waals surface area contributed by atoms with E-state index in [2.05, 4.69) is 21.2 Å². The number of amides is 3. The van der Waals surface area contributed by atoms with Crippen LogP contribution < -0.4 is 14.8 Å². The SMILES string of the molecule is CCOc1c(Br)cc(/C=C2/SC(=O)N(CC(=O)Nc3cccc(F)c3)C2=O)cc1OC. The number of carbonyl (C=O) groups excluding carboxylic acids is 3. The van der Waals surface area contributed by atoms with Gasteiger partial charge in [-0.2, -0.15) is 0 Å². The largest absolute Gasteiger partial charge is 0.493 e. The molecule has 0 bridgehead atoms. The van der Waals surface area contributed by atoms with E-state index in [9.17, 15) is 18.8 Å². The van der Waals surface area contributed by atoms with Crippen LogP contribution in [-0.2, 0) is 9.59 Å². The van der Waals surface area contributed by atoms with Crippen LogP contribution in [0.15, 0.2) is 45.8 Å². The predicted octanol–water partition coefficient (Wildman–Crippen LogP) is 4.67. The number of halogens is 2. The summed E-state index contributed by atoms with van der Waals surface area (Å²) in [6.45, 7) is 1.82. The first-order valence-corrected chi connectivity index (χ1v) is 10.7. The molecular formula is C21H18BrFN2O5S. The number of carbonyl (C=O) groups is 3. The Hall–Kier alpha value is -2.85. The van der Waals surface area contributed by atoms with Crippen molar-refractivity contribution in [2.45, 2.75) is 6.92 Å². The van der Waals surface area contributed by atoms with Crippen LogP contribution in [0.1, 0.15) is 12.5 Å². The molecule has 1 N–H and O–H groups in total. The molecule has 3 rings (SSSR count). The molecule has 0 aromatic heterocycles. The molecule has 3 amide bonds. The average Bonchev–Trinajstić information content (AvgIpc) is 2.97. The van der Waals surface area contributed by atoms with Crippen molar-refractivity contribution in [1.82, 2.24) is 4.90 Å². The predicted molar refractivity (Wildman–Crippen MR) is 120 cm³/mol. The molecule has 0 unspecified atom stereocenters. The highest BCUT2D eigenvalue weighted by Crippen LogP contribution is 2.39. The van der Waals surface area contributed by atoms with Crippen molar-refractivity contribution in [2.75, 3.05) is 25.6 Å². The average molecular weight is 509 g/mol. The molecule has 0 atom stereocenters. The molecule has 162 valence electrons. The Bertz CT molecular complexity index is 1080. The summed E-state index contributed by atoms with van der Waals surface area (Å²) in [5.74, 6) is -0.711. The van der Waals surface area contributed by atoms with E-state index in [1.165, 1.54) is 25.3 Å². The second-order valence-electron chi connectivity index (χ2n) is 6.29. The fraction of sp³-hybridized carbons (Fsp3) is 0.190. The van der Waals surface area contributed by atoms with Gasteiger partial charge in [0.1, 0.15) is 12.4 Å². The van der Waals surface area contributed by atoms with Gasteiger partial charge in [0.2, 0.25) is 5.91 Å². The first-order chi connectivity index (χ1) is 14.8. The summed E-state index contributed by atoms with van der Waals surface area (Å²) in [4.78, 5) is 38.2. The van der Waals surface area contributed by atoms with E-state index < -0.39 is 29.4 Å². The third-order valence-corrected chi connectivity index (χ3v) is 5.62. The van der Waals surface area contributed by atoms with Gasteiger partial charge in [-0.1, -0.05) is 6.07 Å². The zero-order chi connectivity index (χ0) is 22.5. The van der Waals surface area contributed by atoms with Crippen LogP contribution in [0.5, 0.6) is 11.5 Å². The zero-order valence-electron chi connectivity index (χ0n) is 16.6. The zero-order valence-corrected chi connectivity index (χ0v) is 19.0. The van der Waals surface area contributed by atoms with Crippen molar-refractivity contribution in [3.8, 4) is 11.5 Å². The van der Waals surface area contributed by atoms with Gasteiger partial charge in [-0.3, -0.25) is 19.3 Å². The van der Waals surface area contributed by atoms with Gasteiger partial charge in [0.15, 0.2) is 11.5 Å². The molecule has 1 saturated heterocycles. The summed E-state index contributed by atoms with van der Waals surface area (Å²) in [5, 5.41) is 1.90. The molecule has 1 heterocycles. The second kappa shape index (κ2) is 9.97. The molecule has 0 saturated carbocycles. The van der Waals surface area contributed by atoms with E-state index in [4.69, 9.17) is 9.47 Å². The fourth-order valence-electron chi connectivity index (χ4n) is 2.81. The normalized spacial score (nSPS) is 14.8. The molecule has 0 radical (unpaired) electrons. The third kappa shape index (κ3) is 5.45. The van der Waals surface area contributed by atoms with Crippen molar-refractivity contribution in [2.24, 2.45) is 0 Å². The van der Waals surface area contributed by atoms with Gasteiger partial charge in [-0.15, -0.1) is 0 Å². The maximum atomic E-state index is 13.3. The summed E-state index contributed by atoms with van der Waals surface area (Å²) in [7, 11) is 1.50. The lowest BCUT2D eigenvalue weighted by Gasteiger charge is -2.13. The van der Waals surface area contributed by atoms with Gasteiger partial charge >= 0.3 is 0 Å². The van der Waals surface area contributed by atoms with Gasteiger partial charge < -0.3 is 14.8 Å². The highest BCUT2D eigenvalue weighted by molar-refractivity contribution is 9.10. The van der Waals surface area contributed by atoms with E-state index in [-0.39, 0.29) is 10.6 Å². The molecule has 1 aliphatic rings. The molecular weight excluding hydrogens is 491 g/mol. The minimum Gasteiger partial charge on any atom is -0.493 e. The maximum Gasteiger partial charge on any atom is 0.294 e. The number of benzene rings is 2. The fourth-order valence-corrected chi connectivity index (χ4v) is 4.22. The van der Waals surface area contributed by atoms with E-state index in [1.807, 2.05) is 6.92 Å². The number of thioether (sulfide) groups is 1. The quantitative estimate of drug-likeness (QED) is 0.547. The van der Waals surface area contributed by atoms with Crippen LogP contribution in [0.3, 0.4) is 0 Å². The molecule has 31 heavy (non-hydrogen) atoms. The molecule has 7 nitrogen and oxygen atoms in total. The number of rotatable bonds is 7. The van der Waals surface area contributed by atoms with Gasteiger partial charge in [-0.05, 0) is 76.6 Å². The van der Waals surface area contributed by atoms with Gasteiger partial charge in [0.05, 0.1) is 23.1 Å². The Kier molecular flexibility index (Phi) is 7.34. The standard InChI is InChI=1S/C21H18BrFN2O5S/c1-3-30-19-15(22)7-12(8-16(19)29-2)9-17-20(27)25(21(28)31-17)11-18(26)24-14-6-4-5-13(23)10-14/h4-10H,3,11H2,1-2H3,(H,24,26)/b17-9+. The molecule has 0 aliphatic carbocycles. The Balaban J connectivity index is 1.76. The van der Waals surface area contributed by atoms with Crippen LogP contribution in [0.2, 0.25) is 0 Å². The molecule has 0 spiro atoms. The topological polar surface area (TPSA) is 84.9 Å². The highest BCUT2D eigenvalue weighted by atomic mass is 79.9. The first kappa shape index (κ1) is 22.8. The summed E-state index contributed by atoms with van der Waals surface area (Å²) in [5.41, 5.74) is 0.848. The molecule has 2 aromatic rings. The smallest absolute Gasteiger partial charge is 0.294 e. The van der Waals surface area contributed by atoms with Crippen LogP contribution >= 0.6 is 27.7 Å². The van der Waals surface area contributed by atoms with Crippen molar-refractivity contribution >= 4 is 56.5 Å². The second-order valence-corrected chi connectivity index (χ2v) is 8.14. The molecule has 2 aromatic carbocycles. The molecule has 1 fully saturated rings. The Morgan fingerprint density at radius 3 is 2.74 bits per heavy atom. The lowest BCUT2D eigenvalue weighted by molar-refractivity contribution is -0.127. The molecule has 10 heteroatoms. The number of nitrogens with one attached hydrogen (secondary N) is 1. The van der Waals surface area contributed by atoms with Crippen LogP contribution in [-0.4, -0.2) is 42.2 Å². The lowest BCUT2D eigenvalue weighted by atomic mass is 10.2. The van der Waals surface area contributed by atoms with Crippen molar-refractivity contribution < 1.29 is 28.2 Å². The van der Waals surface area contributed by atoms with Crippen molar-refractivity contribution in [3.05, 3.63) is 57.2 Å². The van der Waals surface area contributed by atoms with E-state index in [0.29, 0.717) is 28.1 Å². The van der Waals surface area contributed by atoms with Crippen LogP contribution in [0.4, 0.5) is 14.9 Å². The van der Waals surface area contributed by atoms with E-state index in [1.54, 1.807) is 18.2 Å². The van der Waals surface area contributed by atoms with E-state index in [0.717, 1.165) is 22.7 Å². The monoisotopic (exact) mass is 508 g/mol. The number of hydrogen-bond donors (Lipinski definition) is 1. The minimum atomic E-state index is -0.611. The van der Waals surface area contributed by atoms with Gasteiger partial charge in [0.25, 0.3) is 11.1 Å². The summed E-state index contributed by atoms with van der Waals surface area (Å²) in [6, 6.07) is 8.75. The number of hydrogen-bond acceptors (Lipinski definition) is 6. The van der Waals surface area contributed by atoms with Crippen LogP contribution in [0.25, 0.3) is 6.08 Å². The Labute approximate surface area is 190 Å². The number of imide groups is 1. The molecule has 1 aliphatic heterocycles. The van der Waals surface area contributed by atoms with Crippen LogP contribution in [0, 0.1) is 5.82 Å². The summed E-state index contributed by atoms with van der Waals surface area (Å²) < 4.78 is 24.8. The summed E-state index contributed by atoms with van der Waals surface area (Å²) >= 11 is 4.15. The highest BCUT2D eigenvalue weighted by Gasteiger charge is 2.36. The Morgan fingerprint density at radius 1 is 1.29 bits per heavy atom. The number of anilines is 1. The Morgan fingerprint density at radius 2 is 2.06 bits per heavy atom. The lowest BCUT2D eigenvalue weighted by Crippen LogP contribution is -2.36. The first-order valence-electron chi connectivity index (χ1n) is 9.13. The van der Waals surface area contributed by atoms with Crippen molar-refractivity contribution in [1.29, 1.82) is 0 Å². The maximum absolute atomic E-state index is 13.3. The minimum absolute atomic E-state index is 0.168.